The van der Waals surface area contributed by atoms with E-state index in [4.69, 9.17) is 15.2 Å². The molecule has 0 spiro atoms. The normalized spacial score (nSPS) is 10.9. The largest absolute Gasteiger partial charge is 0.493 e. The summed E-state index contributed by atoms with van der Waals surface area (Å²) in [5.41, 5.74) is 9.25. The van der Waals surface area contributed by atoms with Crippen molar-refractivity contribution in [3.63, 3.8) is 0 Å². The van der Waals surface area contributed by atoms with Gasteiger partial charge in [0.2, 0.25) is 0 Å². The fourth-order valence-corrected chi connectivity index (χ4v) is 2.22. The Bertz CT molecular complexity index is 558. The van der Waals surface area contributed by atoms with E-state index in [1.54, 1.807) is 14.2 Å². The predicted molar refractivity (Wildman–Crippen MR) is 68.7 cm³/mol. The van der Waals surface area contributed by atoms with Crippen LogP contribution < -0.4 is 15.2 Å². The highest BCUT2D eigenvalue weighted by atomic mass is 16.5. The van der Waals surface area contributed by atoms with Gasteiger partial charge in [-0.3, -0.25) is 0 Å². The monoisotopic (exact) mass is 234 g/mol. The summed E-state index contributed by atoms with van der Waals surface area (Å²) >= 11 is 0. The number of aryl methyl sites for hydroxylation is 1. The second-order valence-electron chi connectivity index (χ2n) is 4.05. The van der Waals surface area contributed by atoms with E-state index in [9.17, 15) is 0 Å². The Balaban J connectivity index is 2.82. The van der Waals surface area contributed by atoms with Crippen molar-refractivity contribution >= 4 is 10.9 Å². The zero-order valence-corrected chi connectivity index (χ0v) is 10.7. The molecule has 0 saturated heterocycles. The molecule has 2 aromatic rings. The van der Waals surface area contributed by atoms with Crippen molar-refractivity contribution in [3.8, 4) is 11.5 Å². The summed E-state index contributed by atoms with van der Waals surface area (Å²) in [5, 5.41) is 1.13. The van der Waals surface area contributed by atoms with Crippen LogP contribution in [0.3, 0.4) is 0 Å². The molecule has 0 bridgehead atoms. The first-order valence-electron chi connectivity index (χ1n) is 5.54. The lowest BCUT2D eigenvalue weighted by Crippen LogP contribution is -1.99. The Morgan fingerprint density at radius 1 is 1.18 bits per heavy atom. The molecule has 2 rings (SSSR count). The zero-order chi connectivity index (χ0) is 12.6. The van der Waals surface area contributed by atoms with Crippen LogP contribution in [0, 0.1) is 6.92 Å². The Hall–Kier alpha value is -1.68. The van der Waals surface area contributed by atoms with Gasteiger partial charge in [0.05, 0.1) is 19.7 Å². The van der Waals surface area contributed by atoms with Crippen molar-refractivity contribution in [1.29, 1.82) is 0 Å². The minimum atomic E-state index is 0.526. The highest BCUT2D eigenvalue weighted by molar-refractivity contribution is 5.88. The molecule has 0 unspecified atom stereocenters. The molecule has 0 aliphatic heterocycles. The molecule has 0 amide bonds. The summed E-state index contributed by atoms with van der Waals surface area (Å²) in [5.74, 6) is 1.48. The zero-order valence-electron chi connectivity index (χ0n) is 10.7. The number of hydrogen-bond donors (Lipinski definition) is 1. The van der Waals surface area contributed by atoms with Crippen molar-refractivity contribution in [2.24, 2.45) is 12.8 Å². The molecule has 2 N–H and O–H groups in total. The number of hydrogen-bond acceptors (Lipinski definition) is 3. The Morgan fingerprint density at radius 3 is 2.29 bits per heavy atom. The number of fused-ring (bicyclic) bond motifs is 1. The fraction of sp³-hybridized carbons (Fsp3) is 0.385. The molecule has 4 heteroatoms. The van der Waals surface area contributed by atoms with E-state index in [1.165, 1.54) is 5.69 Å². The maximum Gasteiger partial charge on any atom is 0.162 e. The second-order valence-corrected chi connectivity index (χ2v) is 4.05. The van der Waals surface area contributed by atoms with Crippen LogP contribution in [0.2, 0.25) is 0 Å². The Labute approximate surface area is 101 Å². The number of nitrogens with zero attached hydrogens (tertiary/aromatic N) is 1. The molecule has 17 heavy (non-hydrogen) atoms. The molecule has 0 atom stereocenters. The maximum absolute atomic E-state index is 5.81. The third-order valence-corrected chi connectivity index (χ3v) is 3.33. The first-order chi connectivity index (χ1) is 8.13. The van der Waals surface area contributed by atoms with Gasteiger partial charge in [0.25, 0.3) is 0 Å². The van der Waals surface area contributed by atoms with Crippen LogP contribution in [0.1, 0.15) is 11.3 Å². The molecular weight excluding hydrogens is 216 g/mol. The summed E-state index contributed by atoms with van der Waals surface area (Å²) < 4.78 is 12.8. The molecule has 0 radical (unpaired) electrons. The average Bonchev–Trinajstić information content (AvgIpc) is 2.59. The van der Waals surface area contributed by atoms with Crippen LogP contribution in [-0.2, 0) is 13.6 Å². The first kappa shape index (κ1) is 11.8. The van der Waals surface area contributed by atoms with Gasteiger partial charge in [0.1, 0.15) is 0 Å². The van der Waals surface area contributed by atoms with Gasteiger partial charge in [-0.05, 0) is 18.6 Å². The number of ether oxygens (including phenoxy) is 2. The van der Waals surface area contributed by atoms with Crippen molar-refractivity contribution in [3.05, 3.63) is 23.4 Å². The molecule has 0 aliphatic carbocycles. The summed E-state index contributed by atoms with van der Waals surface area (Å²) in [6, 6.07) is 3.98. The van der Waals surface area contributed by atoms with E-state index < -0.39 is 0 Å². The first-order valence-corrected chi connectivity index (χ1v) is 5.54. The van der Waals surface area contributed by atoms with Gasteiger partial charge < -0.3 is 19.8 Å². The third kappa shape index (κ3) is 1.65. The quantitative estimate of drug-likeness (QED) is 0.883. The molecule has 0 saturated carbocycles. The minimum absolute atomic E-state index is 0.526. The smallest absolute Gasteiger partial charge is 0.162 e. The number of methoxy groups -OCH3 is 2. The van der Waals surface area contributed by atoms with Crippen molar-refractivity contribution in [2.75, 3.05) is 14.2 Å². The molecule has 1 heterocycles. The highest BCUT2D eigenvalue weighted by Gasteiger charge is 2.14. The number of benzene rings is 1. The number of nitrogens with two attached hydrogens (primary N) is 1. The van der Waals surface area contributed by atoms with Crippen molar-refractivity contribution in [2.45, 2.75) is 13.5 Å². The van der Waals surface area contributed by atoms with E-state index in [2.05, 4.69) is 11.5 Å². The SMILES string of the molecule is COc1cc2c(CN)c(C)n(C)c2cc1OC. The molecule has 4 nitrogen and oxygen atoms in total. The summed E-state index contributed by atoms with van der Waals surface area (Å²) in [6.45, 7) is 2.60. The predicted octanol–water partition coefficient (Wildman–Crippen LogP) is 1.96. The molecule has 92 valence electrons. The van der Waals surface area contributed by atoms with Gasteiger partial charge in [-0.15, -0.1) is 0 Å². The Morgan fingerprint density at radius 2 is 1.76 bits per heavy atom. The fourth-order valence-electron chi connectivity index (χ4n) is 2.22. The lowest BCUT2D eigenvalue weighted by molar-refractivity contribution is 0.355. The van der Waals surface area contributed by atoms with Gasteiger partial charge in [-0.2, -0.15) is 0 Å². The van der Waals surface area contributed by atoms with Gasteiger partial charge >= 0.3 is 0 Å². The van der Waals surface area contributed by atoms with Gasteiger partial charge in [0.15, 0.2) is 11.5 Å². The highest BCUT2D eigenvalue weighted by Crippen LogP contribution is 2.35. The van der Waals surface area contributed by atoms with Crippen LogP contribution in [0.25, 0.3) is 10.9 Å². The standard InChI is InChI=1S/C13H18N2O2/c1-8-10(7-14)9-5-12(16-3)13(17-4)6-11(9)15(8)2/h5-6H,7,14H2,1-4H3. The number of aromatic nitrogens is 1. The van der Waals surface area contributed by atoms with Crippen LogP contribution in [0.5, 0.6) is 11.5 Å². The van der Waals surface area contributed by atoms with E-state index >= 15 is 0 Å². The van der Waals surface area contributed by atoms with E-state index in [0.717, 1.165) is 28.0 Å². The van der Waals surface area contributed by atoms with Crippen LogP contribution in [0.4, 0.5) is 0 Å². The summed E-state index contributed by atoms with van der Waals surface area (Å²) in [6.07, 6.45) is 0. The second kappa shape index (κ2) is 4.30. The van der Waals surface area contributed by atoms with E-state index in [0.29, 0.717) is 6.54 Å². The average molecular weight is 234 g/mol. The summed E-state index contributed by atoms with van der Waals surface area (Å²) in [4.78, 5) is 0. The summed E-state index contributed by atoms with van der Waals surface area (Å²) in [7, 11) is 5.31. The van der Waals surface area contributed by atoms with Crippen molar-refractivity contribution in [1.82, 2.24) is 4.57 Å². The van der Waals surface area contributed by atoms with E-state index in [-0.39, 0.29) is 0 Å². The lowest BCUT2D eigenvalue weighted by Gasteiger charge is -2.08. The molecular formula is C13H18N2O2. The number of rotatable bonds is 3. The molecule has 1 aromatic heterocycles. The molecule has 1 aromatic carbocycles. The molecule has 0 aliphatic rings. The minimum Gasteiger partial charge on any atom is -0.493 e. The van der Waals surface area contributed by atoms with Crippen LogP contribution in [0.15, 0.2) is 12.1 Å². The van der Waals surface area contributed by atoms with Crippen LogP contribution in [-0.4, -0.2) is 18.8 Å². The maximum atomic E-state index is 5.81. The van der Waals surface area contributed by atoms with Gasteiger partial charge in [-0.1, -0.05) is 0 Å². The molecule has 0 fully saturated rings. The lowest BCUT2D eigenvalue weighted by atomic mass is 10.1. The van der Waals surface area contributed by atoms with E-state index in [1.807, 2.05) is 19.2 Å². The van der Waals surface area contributed by atoms with Gasteiger partial charge in [-0.25, -0.2) is 0 Å². The third-order valence-electron chi connectivity index (χ3n) is 3.33. The Kier molecular flexibility index (Phi) is 2.98. The van der Waals surface area contributed by atoms with Crippen molar-refractivity contribution < 1.29 is 9.47 Å². The topological polar surface area (TPSA) is 49.4 Å². The van der Waals surface area contributed by atoms with Gasteiger partial charge in [0, 0.05) is 30.7 Å². The van der Waals surface area contributed by atoms with Crippen LogP contribution >= 0.6 is 0 Å².